The maximum atomic E-state index is 14.3. The molecule has 0 spiro atoms. The highest BCUT2D eigenvalue weighted by Gasteiger charge is 2.53. The number of hydrogen-bond acceptors (Lipinski definition) is 11. The Morgan fingerprint density at radius 2 is 1.30 bits per heavy atom. The van der Waals surface area contributed by atoms with E-state index in [-0.39, 0.29) is 0 Å². The van der Waals surface area contributed by atoms with Crippen LogP contribution in [0.4, 0.5) is 5.69 Å². The fourth-order valence-electron chi connectivity index (χ4n) is 12.5. The van der Waals surface area contributed by atoms with Gasteiger partial charge in [-0.15, -0.1) is 0 Å². The summed E-state index contributed by atoms with van der Waals surface area (Å²) in [6.07, 6.45) is 7.67. The summed E-state index contributed by atoms with van der Waals surface area (Å²) in [5, 5.41) is 32.5. The van der Waals surface area contributed by atoms with E-state index in [4.69, 9.17) is 18.9 Å². The second-order valence-corrected chi connectivity index (χ2v) is 18.0. The van der Waals surface area contributed by atoms with Crippen LogP contribution in [0.25, 0.3) is 33.0 Å². The molecule has 63 heavy (non-hydrogen) atoms. The summed E-state index contributed by atoms with van der Waals surface area (Å²) in [6.45, 7) is 5.24. The standard InChI is InChI=1S/C50H57N5O8/c1-7-49-21-13-23-52(58)47(49)54-38-17-11-9-15-30(38)32(42(54)34(27-49)45(56)62-5)26-37-41(44(61-4)33-25-29(60-3)19-20-36(33)51-37)40-31-16-10-12-18-39(31)55-43(40)35(46(57)63-6)28-50(8-2)22-14-24-53(59)48(50)55/h9-12,15-20,25,27-28,37,41,44,47-48,51,58-59H,7-8,13-14,21-24,26H2,1-6H3/t37-,41+,44?,47-,48-,49+,50+/m1/s1. The first kappa shape index (κ1) is 41.6. The van der Waals surface area contributed by atoms with E-state index in [0.717, 1.165) is 75.6 Å². The van der Waals surface area contributed by atoms with Crippen LogP contribution in [0, 0.1) is 10.8 Å². The third-order valence-electron chi connectivity index (χ3n) is 15.3. The van der Waals surface area contributed by atoms with Gasteiger partial charge < -0.3 is 43.8 Å². The molecule has 0 amide bonds. The van der Waals surface area contributed by atoms with Crippen LogP contribution in [-0.4, -0.2) is 89.2 Å². The van der Waals surface area contributed by atoms with Gasteiger partial charge in [0, 0.05) is 65.0 Å². The maximum absolute atomic E-state index is 14.3. The number of carbonyl (C=O) groups is 2. The molecule has 3 N–H and O–H groups in total. The predicted octanol–water partition coefficient (Wildman–Crippen LogP) is 9.01. The van der Waals surface area contributed by atoms with Crippen LogP contribution in [0.2, 0.25) is 0 Å². The van der Waals surface area contributed by atoms with Crippen molar-refractivity contribution >= 4 is 50.6 Å². The molecule has 13 nitrogen and oxygen atoms in total. The lowest BCUT2D eigenvalue weighted by Gasteiger charge is -2.50. The number of anilines is 1. The number of aromatic nitrogens is 2. The first-order valence-electron chi connectivity index (χ1n) is 22.3. The third-order valence-corrected chi connectivity index (χ3v) is 15.3. The summed E-state index contributed by atoms with van der Waals surface area (Å²) in [6, 6.07) is 22.0. The van der Waals surface area contributed by atoms with Gasteiger partial charge in [0.15, 0.2) is 0 Å². The van der Waals surface area contributed by atoms with E-state index in [1.165, 1.54) is 24.3 Å². The molecule has 1 unspecified atom stereocenters. The lowest BCUT2D eigenvalue weighted by molar-refractivity contribution is -0.203. The van der Waals surface area contributed by atoms with E-state index >= 15 is 0 Å². The molecule has 10 rings (SSSR count). The van der Waals surface area contributed by atoms with E-state index in [0.29, 0.717) is 54.9 Å². The Balaban J connectivity index is 1.27. The zero-order valence-corrected chi connectivity index (χ0v) is 36.9. The van der Waals surface area contributed by atoms with Crippen LogP contribution in [0.1, 0.15) is 105 Å². The van der Waals surface area contributed by atoms with Crippen molar-refractivity contribution < 1.29 is 39.0 Å². The Labute approximate surface area is 367 Å². The van der Waals surface area contributed by atoms with Crippen LogP contribution in [0.3, 0.4) is 0 Å². The van der Waals surface area contributed by atoms with E-state index in [1.807, 2.05) is 42.5 Å². The average Bonchev–Trinajstić information content (AvgIpc) is 3.82. The Morgan fingerprint density at radius 3 is 1.87 bits per heavy atom. The van der Waals surface area contributed by atoms with Gasteiger partial charge in [0.2, 0.25) is 0 Å². The minimum Gasteiger partial charge on any atom is -0.497 e. The summed E-state index contributed by atoms with van der Waals surface area (Å²) in [5.74, 6) is -0.655. The summed E-state index contributed by atoms with van der Waals surface area (Å²) in [5.41, 5.74) is 6.71. The van der Waals surface area contributed by atoms with Gasteiger partial charge in [0.25, 0.3) is 0 Å². The molecule has 13 heteroatoms. The fourth-order valence-corrected chi connectivity index (χ4v) is 12.5. The molecule has 3 aromatic carbocycles. The largest absolute Gasteiger partial charge is 0.497 e. The molecular formula is C50H57N5O8. The quantitative estimate of drug-likeness (QED) is 0.122. The van der Waals surface area contributed by atoms with Crippen LogP contribution in [0.5, 0.6) is 5.75 Å². The molecule has 5 aliphatic heterocycles. The van der Waals surface area contributed by atoms with Crippen molar-refractivity contribution in [1.82, 2.24) is 19.3 Å². The van der Waals surface area contributed by atoms with Crippen LogP contribution >= 0.6 is 0 Å². The SMILES string of the molecule is CC[C@]12C=C(C(=O)OC)c3c(C[C@H]4Nc5ccc(OC)cc5C(OC)[C@@H]4c4c5n(c6ccccc46)[C@H]4N(O)CCC[C@@]4(CC)C=C5C(=O)OC)c4ccccc4n3[C@H]1N(O)CCC2. The van der Waals surface area contributed by atoms with Crippen molar-refractivity contribution in [2.75, 3.05) is 46.8 Å². The molecule has 0 aliphatic carbocycles. The smallest absolute Gasteiger partial charge is 0.339 e. The molecule has 2 aromatic heterocycles. The number of hydroxylamine groups is 4. The molecule has 0 saturated carbocycles. The third kappa shape index (κ3) is 6.00. The summed E-state index contributed by atoms with van der Waals surface area (Å²) < 4.78 is 28.0. The van der Waals surface area contributed by atoms with Gasteiger partial charge in [-0.3, -0.25) is 0 Å². The topological polar surface area (TPSA) is 140 Å². The van der Waals surface area contributed by atoms with Gasteiger partial charge in [-0.05, 0) is 86.4 Å². The Morgan fingerprint density at radius 1 is 0.746 bits per heavy atom. The number of carbonyl (C=O) groups excluding carboxylic acids is 2. The maximum Gasteiger partial charge on any atom is 0.339 e. The van der Waals surface area contributed by atoms with Crippen LogP contribution < -0.4 is 10.1 Å². The van der Waals surface area contributed by atoms with Gasteiger partial charge in [0.1, 0.15) is 18.1 Å². The van der Waals surface area contributed by atoms with Crippen molar-refractivity contribution in [2.45, 2.75) is 89.2 Å². The Bertz CT molecular complexity index is 2720. The highest BCUT2D eigenvalue weighted by Crippen LogP contribution is 2.59. The number of nitrogens with one attached hydrogen (secondary N) is 1. The molecule has 2 saturated heterocycles. The number of methoxy groups -OCH3 is 4. The van der Waals surface area contributed by atoms with Crippen molar-refractivity contribution in [3.8, 4) is 5.75 Å². The zero-order chi connectivity index (χ0) is 43.9. The van der Waals surface area contributed by atoms with Crippen LogP contribution in [-0.2, 0) is 30.2 Å². The number of nitrogens with zero attached hydrogens (tertiary/aromatic N) is 4. The molecule has 330 valence electrons. The number of piperidine rings is 2. The lowest BCUT2D eigenvalue weighted by atomic mass is 9.70. The second-order valence-electron chi connectivity index (χ2n) is 18.0. The van der Waals surface area contributed by atoms with Gasteiger partial charge in [0.05, 0.1) is 61.0 Å². The molecule has 0 radical (unpaired) electrons. The van der Waals surface area contributed by atoms with Crippen molar-refractivity contribution in [1.29, 1.82) is 0 Å². The fraction of sp³-hybridized carbons (Fsp3) is 0.440. The highest BCUT2D eigenvalue weighted by atomic mass is 16.5. The number of esters is 2. The summed E-state index contributed by atoms with van der Waals surface area (Å²) in [7, 11) is 6.22. The second kappa shape index (κ2) is 15.7. The highest BCUT2D eigenvalue weighted by molar-refractivity contribution is 6.19. The number of hydrogen-bond donors (Lipinski definition) is 3. The number of benzene rings is 3. The predicted molar refractivity (Wildman–Crippen MR) is 239 cm³/mol. The van der Waals surface area contributed by atoms with E-state index < -0.39 is 53.2 Å². The van der Waals surface area contributed by atoms with Gasteiger partial charge in [-0.2, -0.15) is 10.1 Å². The summed E-state index contributed by atoms with van der Waals surface area (Å²) >= 11 is 0. The monoisotopic (exact) mass is 855 g/mol. The zero-order valence-electron chi connectivity index (χ0n) is 36.9. The molecule has 7 heterocycles. The van der Waals surface area contributed by atoms with Gasteiger partial charge in [-0.25, -0.2) is 9.59 Å². The minimum atomic E-state index is -0.551. The minimum absolute atomic E-state index is 0.400. The molecular weight excluding hydrogens is 799 g/mol. The van der Waals surface area contributed by atoms with E-state index in [9.17, 15) is 20.0 Å². The molecule has 2 fully saturated rings. The molecule has 0 bridgehead atoms. The number of para-hydroxylation sites is 2. The summed E-state index contributed by atoms with van der Waals surface area (Å²) in [4.78, 5) is 28.5. The number of fused-ring (bicyclic) bond motifs is 11. The number of ether oxygens (including phenoxy) is 4. The normalized spacial score (nSPS) is 27.8. The van der Waals surface area contributed by atoms with Crippen LogP contribution in [0.15, 0.2) is 78.9 Å². The van der Waals surface area contributed by atoms with Crippen molar-refractivity contribution in [3.05, 3.63) is 107 Å². The van der Waals surface area contributed by atoms with Crippen molar-refractivity contribution in [2.24, 2.45) is 10.8 Å². The Hall–Kier alpha value is -5.44. The lowest BCUT2D eigenvalue weighted by Crippen LogP contribution is -2.49. The first-order chi connectivity index (χ1) is 30.6. The number of rotatable bonds is 9. The van der Waals surface area contributed by atoms with Gasteiger partial charge >= 0.3 is 11.9 Å². The van der Waals surface area contributed by atoms with E-state index in [2.05, 4.69) is 64.7 Å². The van der Waals surface area contributed by atoms with E-state index in [1.54, 1.807) is 14.2 Å². The Kier molecular flexibility index (Phi) is 10.3. The van der Waals surface area contributed by atoms with Gasteiger partial charge in [-0.1, -0.05) is 62.4 Å². The molecule has 5 aliphatic rings. The first-order valence-corrected chi connectivity index (χ1v) is 22.3. The molecule has 5 aromatic rings. The average molecular weight is 856 g/mol. The molecule has 7 atom stereocenters. The van der Waals surface area contributed by atoms with Crippen molar-refractivity contribution in [3.63, 3.8) is 0 Å².